The zero-order valence-corrected chi connectivity index (χ0v) is 13.8. The predicted molar refractivity (Wildman–Crippen MR) is 88.9 cm³/mol. The van der Waals surface area contributed by atoms with Crippen LogP contribution in [0.5, 0.6) is 0 Å². The Bertz CT molecular complexity index is 642. The van der Waals surface area contributed by atoms with E-state index in [9.17, 15) is 4.21 Å². The average molecular weight is 315 g/mol. The Hall–Kier alpha value is -1.49. The minimum atomic E-state index is -1.15. The summed E-state index contributed by atoms with van der Waals surface area (Å²) < 4.78 is 20.8. The maximum Gasteiger partial charge on any atom is 0.128 e. The molecule has 0 bridgehead atoms. The van der Waals surface area contributed by atoms with E-state index in [1.165, 1.54) is 5.56 Å². The summed E-state index contributed by atoms with van der Waals surface area (Å²) in [5.41, 5.74) is 2.32. The molecule has 22 heavy (non-hydrogen) atoms. The van der Waals surface area contributed by atoms with Gasteiger partial charge in [-0.3, -0.25) is 0 Å². The molecule has 0 radical (unpaired) electrons. The van der Waals surface area contributed by atoms with Crippen LogP contribution in [-0.4, -0.2) is 27.7 Å². The van der Waals surface area contributed by atoms with E-state index in [4.69, 9.17) is 4.74 Å². The van der Waals surface area contributed by atoms with Crippen LogP contribution in [0.3, 0.4) is 0 Å². The SMILES string of the molecule is Cc1ccc(S(=O)N2CCO[C@H](c3ccccc3)[C@@H]2C)cc1. The Kier molecular flexibility index (Phi) is 4.71. The summed E-state index contributed by atoms with van der Waals surface area (Å²) in [4.78, 5) is 0.853. The van der Waals surface area contributed by atoms with Crippen LogP contribution in [0.15, 0.2) is 59.5 Å². The molecule has 1 aliphatic heterocycles. The Morgan fingerprint density at radius 2 is 1.77 bits per heavy atom. The molecule has 0 amide bonds. The van der Waals surface area contributed by atoms with Crippen molar-refractivity contribution in [3.63, 3.8) is 0 Å². The van der Waals surface area contributed by atoms with Gasteiger partial charge in [0.05, 0.1) is 23.6 Å². The molecule has 3 nitrogen and oxygen atoms in total. The molecule has 2 aromatic carbocycles. The molecular weight excluding hydrogens is 294 g/mol. The van der Waals surface area contributed by atoms with Crippen molar-refractivity contribution in [1.82, 2.24) is 4.31 Å². The smallest absolute Gasteiger partial charge is 0.128 e. The minimum Gasteiger partial charge on any atom is -0.370 e. The van der Waals surface area contributed by atoms with Gasteiger partial charge in [0.15, 0.2) is 0 Å². The van der Waals surface area contributed by atoms with E-state index in [0.717, 1.165) is 10.5 Å². The van der Waals surface area contributed by atoms with E-state index in [-0.39, 0.29) is 12.1 Å². The summed E-state index contributed by atoms with van der Waals surface area (Å²) in [6.07, 6.45) is -0.0376. The van der Waals surface area contributed by atoms with Gasteiger partial charge in [0.1, 0.15) is 11.0 Å². The maximum absolute atomic E-state index is 12.9. The molecule has 0 aliphatic carbocycles. The number of nitrogens with zero attached hydrogens (tertiary/aromatic N) is 1. The van der Waals surface area contributed by atoms with Gasteiger partial charge in [0, 0.05) is 6.54 Å². The zero-order valence-electron chi connectivity index (χ0n) is 12.9. The lowest BCUT2D eigenvalue weighted by atomic mass is 10.0. The summed E-state index contributed by atoms with van der Waals surface area (Å²) in [7, 11) is -1.15. The highest BCUT2D eigenvalue weighted by atomic mass is 32.2. The quantitative estimate of drug-likeness (QED) is 0.868. The molecule has 0 N–H and O–H groups in total. The van der Waals surface area contributed by atoms with E-state index in [1.807, 2.05) is 53.7 Å². The zero-order chi connectivity index (χ0) is 15.5. The van der Waals surface area contributed by atoms with Crippen molar-refractivity contribution in [1.29, 1.82) is 0 Å². The van der Waals surface area contributed by atoms with Crippen LogP contribution < -0.4 is 0 Å². The molecule has 116 valence electrons. The van der Waals surface area contributed by atoms with Crippen LogP contribution in [-0.2, 0) is 15.7 Å². The molecule has 1 aliphatic rings. The topological polar surface area (TPSA) is 29.5 Å². The molecule has 1 fully saturated rings. The molecule has 1 saturated heterocycles. The normalized spacial score (nSPS) is 24.1. The van der Waals surface area contributed by atoms with Gasteiger partial charge >= 0.3 is 0 Å². The second-order valence-electron chi connectivity index (χ2n) is 5.65. The van der Waals surface area contributed by atoms with Crippen LogP contribution in [0, 0.1) is 6.92 Å². The summed E-state index contributed by atoms with van der Waals surface area (Å²) in [5, 5.41) is 0. The first-order chi connectivity index (χ1) is 10.7. The fourth-order valence-electron chi connectivity index (χ4n) is 2.81. The number of morpholine rings is 1. The van der Waals surface area contributed by atoms with E-state index >= 15 is 0 Å². The van der Waals surface area contributed by atoms with Crippen LogP contribution in [0.4, 0.5) is 0 Å². The highest BCUT2D eigenvalue weighted by Crippen LogP contribution is 2.30. The molecule has 0 saturated carbocycles. The Balaban J connectivity index is 1.82. The highest BCUT2D eigenvalue weighted by Gasteiger charge is 2.33. The lowest BCUT2D eigenvalue weighted by molar-refractivity contribution is -0.0344. The van der Waals surface area contributed by atoms with Crippen molar-refractivity contribution in [2.75, 3.05) is 13.2 Å². The number of ether oxygens (including phenoxy) is 1. The van der Waals surface area contributed by atoms with Crippen LogP contribution in [0.25, 0.3) is 0 Å². The number of hydrogen-bond acceptors (Lipinski definition) is 2. The molecular formula is C18H21NO2S. The summed E-state index contributed by atoms with van der Waals surface area (Å²) >= 11 is 0. The maximum atomic E-state index is 12.9. The van der Waals surface area contributed by atoms with Gasteiger partial charge in [0.2, 0.25) is 0 Å². The standard InChI is InChI=1S/C18H21NO2S/c1-14-8-10-17(11-9-14)22(20)19-12-13-21-18(15(19)2)16-6-4-3-5-7-16/h3-11,15,18H,12-13H2,1-2H3/t15-,18-,22?/m0/s1. The van der Waals surface area contributed by atoms with E-state index in [0.29, 0.717) is 13.2 Å². The van der Waals surface area contributed by atoms with Gasteiger partial charge in [-0.2, -0.15) is 0 Å². The average Bonchev–Trinajstić information content (AvgIpc) is 2.56. The van der Waals surface area contributed by atoms with Crippen molar-refractivity contribution in [3.05, 3.63) is 65.7 Å². The van der Waals surface area contributed by atoms with Gasteiger partial charge < -0.3 is 4.74 Å². The lowest BCUT2D eigenvalue weighted by Gasteiger charge is -2.38. The summed E-state index contributed by atoms with van der Waals surface area (Å²) in [6.45, 7) is 5.41. The third kappa shape index (κ3) is 3.14. The first kappa shape index (κ1) is 15.4. The number of hydrogen-bond donors (Lipinski definition) is 0. The third-order valence-corrected chi connectivity index (χ3v) is 5.68. The van der Waals surface area contributed by atoms with Crippen molar-refractivity contribution in [2.24, 2.45) is 0 Å². The second-order valence-corrected chi connectivity index (χ2v) is 7.08. The van der Waals surface area contributed by atoms with Gasteiger partial charge in [0.25, 0.3) is 0 Å². The molecule has 3 atom stereocenters. The van der Waals surface area contributed by atoms with Crippen LogP contribution in [0.2, 0.25) is 0 Å². The number of aryl methyl sites for hydroxylation is 1. The highest BCUT2D eigenvalue weighted by molar-refractivity contribution is 7.82. The van der Waals surface area contributed by atoms with Crippen molar-refractivity contribution >= 4 is 11.0 Å². The molecule has 2 aromatic rings. The Morgan fingerprint density at radius 1 is 1.09 bits per heavy atom. The minimum absolute atomic E-state index is 0.0376. The molecule has 0 spiro atoms. The fourth-order valence-corrected chi connectivity index (χ4v) is 4.10. The molecule has 1 unspecified atom stereocenters. The van der Waals surface area contributed by atoms with Gasteiger partial charge in [-0.25, -0.2) is 8.51 Å². The largest absolute Gasteiger partial charge is 0.370 e. The van der Waals surface area contributed by atoms with E-state index in [1.54, 1.807) is 0 Å². The number of benzene rings is 2. The Labute approximate surface area is 134 Å². The van der Waals surface area contributed by atoms with E-state index in [2.05, 4.69) is 19.1 Å². The Morgan fingerprint density at radius 3 is 2.45 bits per heavy atom. The monoisotopic (exact) mass is 315 g/mol. The van der Waals surface area contributed by atoms with Crippen LogP contribution in [0.1, 0.15) is 24.2 Å². The predicted octanol–water partition coefficient (Wildman–Crippen LogP) is 3.48. The number of rotatable bonds is 3. The van der Waals surface area contributed by atoms with E-state index < -0.39 is 11.0 Å². The lowest BCUT2D eigenvalue weighted by Crippen LogP contribution is -2.46. The second kappa shape index (κ2) is 6.73. The summed E-state index contributed by atoms with van der Waals surface area (Å²) in [5.74, 6) is 0. The van der Waals surface area contributed by atoms with Crippen molar-refractivity contribution in [3.8, 4) is 0 Å². The molecule has 1 heterocycles. The van der Waals surface area contributed by atoms with Gasteiger partial charge in [-0.05, 0) is 31.5 Å². The van der Waals surface area contributed by atoms with Crippen molar-refractivity contribution < 1.29 is 8.95 Å². The third-order valence-electron chi connectivity index (χ3n) is 4.07. The fraction of sp³-hybridized carbons (Fsp3) is 0.333. The molecule has 0 aromatic heterocycles. The van der Waals surface area contributed by atoms with Crippen molar-refractivity contribution in [2.45, 2.75) is 30.9 Å². The molecule has 3 rings (SSSR count). The van der Waals surface area contributed by atoms with Crippen LogP contribution >= 0.6 is 0 Å². The van der Waals surface area contributed by atoms with Gasteiger partial charge in [-0.1, -0.05) is 48.0 Å². The first-order valence-electron chi connectivity index (χ1n) is 7.58. The summed E-state index contributed by atoms with van der Waals surface area (Å²) in [6, 6.07) is 18.1. The first-order valence-corrected chi connectivity index (χ1v) is 8.69. The van der Waals surface area contributed by atoms with Gasteiger partial charge in [-0.15, -0.1) is 0 Å². The molecule has 4 heteroatoms.